The summed E-state index contributed by atoms with van der Waals surface area (Å²) in [6.07, 6.45) is 2.17. The summed E-state index contributed by atoms with van der Waals surface area (Å²) in [6, 6.07) is 10.4. The van der Waals surface area contributed by atoms with Gasteiger partial charge < -0.3 is 14.2 Å². The molecule has 0 unspecified atom stereocenters. The summed E-state index contributed by atoms with van der Waals surface area (Å²) in [5.74, 6) is 1.64. The summed E-state index contributed by atoms with van der Waals surface area (Å²) < 4.78 is 16.8. The number of hydrogen-bond donors (Lipinski definition) is 0. The zero-order chi connectivity index (χ0) is 18.9. The smallest absolute Gasteiger partial charge is 0.156 e. The van der Waals surface area contributed by atoms with Gasteiger partial charge in [0.2, 0.25) is 0 Å². The Morgan fingerprint density at radius 1 is 0.808 bits per heavy atom. The Labute approximate surface area is 177 Å². The third-order valence-electron chi connectivity index (χ3n) is 3.08. The Bertz CT molecular complexity index is 720. The molecule has 2 aromatic carbocycles. The molecule has 140 valence electrons. The molecule has 0 atom stereocenters. The van der Waals surface area contributed by atoms with Gasteiger partial charge in [0.15, 0.2) is 5.75 Å². The van der Waals surface area contributed by atoms with Crippen molar-refractivity contribution in [2.75, 3.05) is 19.8 Å². The third kappa shape index (κ3) is 7.34. The lowest BCUT2D eigenvalue weighted by Gasteiger charge is -2.12. The maximum absolute atomic E-state index is 6.20. The van der Waals surface area contributed by atoms with E-state index in [0.717, 1.165) is 5.75 Å². The Balaban J connectivity index is 1.79. The van der Waals surface area contributed by atoms with E-state index >= 15 is 0 Å². The lowest BCUT2D eigenvalue weighted by Crippen LogP contribution is -2.05. The van der Waals surface area contributed by atoms with Crippen LogP contribution in [0.15, 0.2) is 47.0 Å². The molecule has 0 radical (unpaired) electrons. The van der Waals surface area contributed by atoms with Crippen LogP contribution in [0.1, 0.15) is 6.42 Å². The van der Waals surface area contributed by atoms with Crippen LogP contribution in [0.3, 0.4) is 0 Å². The van der Waals surface area contributed by atoms with E-state index in [9.17, 15) is 0 Å². The summed E-state index contributed by atoms with van der Waals surface area (Å²) in [7, 11) is 0. The van der Waals surface area contributed by atoms with Crippen molar-refractivity contribution in [3.05, 3.63) is 62.0 Å². The van der Waals surface area contributed by atoms with Crippen molar-refractivity contribution >= 4 is 58.0 Å². The van der Waals surface area contributed by atoms with Crippen molar-refractivity contribution in [3.63, 3.8) is 0 Å². The molecule has 2 rings (SSSR count). The van der Waals surface area contributed by atoms with E-state index in [0.29, 0.717) is 46.2 Å². The SMILES string of the molecule is ClC(Cl)=CCOc1cc(Cl)c(OCCCOc2ccc(Cl)cc2)c(Cl)c1. The molecular formula is C18H15Cl5O3. The standard InChI is InChI=1S/C18H15Cl5O3/c19-12-2-4-13(5-3-12)24-7-1-8-26-18-15(20)10-14(11-16(18)21)25-9-6-17(22)23/h2-6,10-11H,1,7-9H2. The van der Waals surface area contributed by atoms with Crippen LogP contribution < -0.4 is 14.2 Å². The summed E-state index contributed by atoms with van der Waals surface area (Å²) in [4.78, 5) is 0. The fraction of sp³-hybridized carbons (Fsp3) is 0.222. The van der Waals surface area contributed by atoms with Gasteiger partial charge in [-0.25, -0.2) is 0 Å². The minimum atomic E-state index is 0.128. The van der Waals surface area contributed by atoms with E-state index < -0.39 is 0 Å². The zero-order valence-electron chi connectivity index (χ0n) is 13.5. The van der Waals surface area contributed by atoms with Crippen molar-refractivity contribution in [1.29, 1.82) is 0 Å². The Morgan fingerprint density at radius 2 is 1.42 bits per heavy atom. The Morgan fingerprint density at radius 3 is 2.04 bits per heavy atom. The van der Waals surface area contributed by atoms with E-state index in [2.05, 4.69) is 0 Å². The summed E-state index contributed by atoms with van der Waals surface area (Å²) in [6.45, 7) is 1.10. The van der Waals surface area contributed by atoms with E-state index in [4.69, 9.17) is 72.2 Å². The molecule has 0 N–H and O–H groups in total. The second-order valence-electron chi connectivity index (χ2n) is 5.03. The molecule has 0 aliphatic carbocycles. The maximum atomic E-state index is 6.20. The molecule has 0 saturated heterocycles. The molecule has 0 amide bonds. The van der Waals surface area contributed by atoms with Gasteiger partial charge >= 0.3 is 0 Å². The number of rotatable bonds is 9. The molecule has 8 heteroatoms. The van der Waals surface area contributed by atoms with Crippen LogP contribution in [0.4, 0.5) is 0 Å². The number of benzene rings is 2. The average molecular weight is 457 g/mol. The van der Waals surface area contributed by atoms with Crippen LogP contribution in [0.5, 0.6) is 17.2 Å². The molecular weight excluding hydrogens is 441 g/mol. The number of halogens is 5. The largest absolute Gasteiger partial charge is 0.493 e. The lowest BCUT2D eigenvalue weighted by atomic mass is 10.3. The van der Waals surface area contributed by atoms with Crippen LogP contribution in [-0.4, -0.2) is 19.8 Å². The van der Waals surface area contributed by atoms with Crippen molar-refractivity contribution in [2.45, 2.75) is 6.42 Å². The second kappa shape index (κ2) is 11.0. The number of ether oxygens (including phenoxy) is 3. The lowest BCUT2D eigenvalue weighted by molar-refractivity contribution is 0.247. The molecule has 0 aliphatic heterocycles. The molecule has 0 fully saturated rings. The van der Waals surface area contributed by atoms with Crippen LogP contribution in [0.25, 0.3) is 0 Å². The van der Waals surface area contributed by atoms with Crippen molar-refractivity contribution in [1.82, 2.24) is 0 Å². The van der Waals surface area contributed by atoms with Gasteiger partial charge in [-0.1, -0.05) is 58.0 Å². The van der Waals surface area contributed by atoms with Crippen LogP contribution in [0.2, 0.25) is 15.1 Å². The molecule has 0 heterocycles. The molecule has 0 aliphatic rings. The first-order chi connectivity index (χ1) is 12.5. The van der Waals surface area contributed by atoms with Crippen LogP contribution in [0, 0.1) is 0 Å². The molecule has 3 nitrogen and oxygen atoms in total. The third-order valence-corrected chi connectivity index (χ3v) is 4.20. The predicted octanol–water partition coefficient (Wildman–Crippen LogP) is 7.19. The first-order valence-electron chi connectivity index (χ1n) is 7.60. The molecule has 0 bridgehead atoms. The second-order valence-corrected chi connectivity index (χ2v) is 7.28. The monoisotopic (exact) mass is 454 g/mol. The Kier molecular flexibility index (Phi) is 9.03. The van der Waals surface area contributed by atoms with Crippen LogP contribution in [-0.2, 0) is 0 Å². The van der Waals surface area contributed by atoms with Gasteiger partial charge in [-0.15, -0.1) is 0 Å². The fourth-order valence-corrected chi connectivity index (χ4v) is 2.74. The average Bonchev–Trinajstić information content (AvgIpc) is 2.58. The van der Waals surface area contributed by atoms with Gasteiger partial charge in [0.25, 0.3) is 0 Å². The van der Waals surface area contributed by atoms with Crippen molar-refractivity contribution in [2.24, 2.45) is 0 Å². The molecule has 0 saturated carbocycles. The van der Waals surface area contributed by atoms with Crippen LogP contribution >= 0.6 is 58.0 Å². The minimum absolute atomic E-state index is 0.128. The van der Waals surface area contributed by atoms with E-state index in [1.54, 1.807) is 24.3 Å². The molecule has 2 aromatic rings. The highest BCUT2D eigenvalue weighted by molar-refractivity contribution is 6.55. The van der Waals surface area contributed by atoms with Crippen molar-refractivity contribution in [3.8, 4) is 17.2 Å². The highest BCUT2D eigenvalue weighted by atomic mass is 35.5. The van der Waals surface area contributed by atoms with E-state index in [1.807, 2.05) is 12.1 Å². The molecule has 0 aromatic heterocycles. The normalized spacial score (nSPS) is 10.3. The summed E-state index contributed by atoms with van der Waals surface area (Å²) in [5, 5.41) is 1.37. The first-order valence-corrected chi connectivity index (χ1v) is 9.49. The molecule has 0 spiro atoms. The zero-order valence-corrected chi connectivity index (χ0v) is 17.3. The topological polar surface area (TPSA) is 27.7 Å². The highest BCUT2D eigenvalue weighted by Gasteiger charge is 2.10. The number of hydrogen-bond acceptors (Lipinski definition) is 3. The quantitative estimate of drug-likeness (QED) is 0.374. The summed E-state index contributed by atoms with van der Waals surface area (Å²) in [5.41, 5.74) is 0. The molecule has 26 heavy (non-hydrogen) atoms. The van der Waals surface area contributed by atoms with Gasteiger partial charge in [0, 0.05) is 23.6 Å². The first kappa shape index (κ1) is 21.3. The minimum Gasteiger partial charge on any atom is -0.493 e. The Hall–Kier alpha value is -0.970. The maximum Gasteiger partial charge on any atom is 0.156 e. The van der Waals surface area contributed by atoms with Gasteiger partial charge in [0.1, 0.15) is 22.6 Å². The van der Waals surface area contributed by atoms with Gasteiger partial charge in [0.05, 0.1) is 23.3 Å². The van der Waals surface area contributed by atoms with Gasteiger partial charge in [-0.05, 0) is 30.3 Å². The van der Waals surface area contributed by atoms with Gasteiger partial charge in [-0.2, -0.15) is 0 Å². The van der Waals surface area contributed by atoms with Gasteiger partial charge in [-0.3, -0.25) is 0 Å². The van der Waals surface area contributed by atoms with E-state index in [1.165, 1.54) is 6.08 Å². The fourth-order valence-electron chi connectivity index (χ4n) is 1.91. The highest BCUT2D eigenvalue weighted by Crippen LogP contribution is 2.37. The van der Waals surface area contributed by atoms with E-state index in [-0.39, 0.29) is 11.1 Å². The van der Waals surface area contributed by atoms with Crippen molar-refractivity contribution < 1.29 is 14.2 Å². The predicted molar refractivity (Wildman–Crippen MR) is 109 cm³/mol. The summed E-state index contributed by atoms with van der Waals surface area (Å²) >= 11 is 29.3.